The molecule has 3 heteroatoms. The molecule has 8 heavy (non-hydrogen) atoms. The van der Waals surface area contributed by atoms with Gasteiger partial charge in [-0.1, -0.05) is 6.92 Å². The predicted octanol–water partition coefficient (Wildman–Crippen LogP) is 0.495. The van der Waals surface area contributed by atoms with Gasteiger partial charge in [-0.05, 0) is 6.42 Å². The lowest BCUT2D eigenvalue weighted by molar-refractivity contribution is 0.586. The van der Waals surface area contributed by atoms with Crippen molar-refractivity contribution in [1.29, 1.82) is 0 Å². The fourth-order valence-corrected chi connectivity index (χ4v) is 0.338. The first-order valence-corrected chi connectivity index (χ1v) is 2.55. The minimum atomic E-state index is -0.299. The molecule has 0 rings (SSSR count). The van der Waals surface area contributed by atoms with Crippen molar-refractivity contribution >= 4 is 0 Å². The summed E-state index contributed by atoms with van der Waals surface area (Å²) in [4.78, 5) is 0. The van der Waals surface area contributed by atoms with Crippen molar-refractivity contribution in [3.8, 4) is 0 Å². The lowest BCUT2D eigenvalue weighted by atomic mass is 10.3. The molecule has 0 heterocycles. The molecule has 0 saturated carbocycles. The van der Waals surface area contributed by atoms with E-state index in [1.54, 1.807) is 6.92 Å². The summed E-state index contributed by atoms with van der Waals surface area (Å²) >= 11 is 0. The zero-order valence-electron chi connectivity index (χ0n) is 4.95. The van der Waals surface area contributed by atoms with Crippen LogP contribution in [0.15, 0.2) is 11.5 Å². The van der Waals surface area contributed by atoms with E-state index in [2.05, 4.69) is 0 Å². The van der Waals surface area contributed by atoms with Gasteiger partial charge in [0, 0.05) is 6.54 Å². The van der Waals surface area contributed by atoms with Gasteiger partial charge in [0.1, 0.15) is 5.83 Å². The Morgan fingerprint density at radius 3 is 2.25 bits per heavy atom. The molecule has 0 aromatic rings. The van der Waals surface area contributed by atoms with Crippen molar-refractivity contribution in [2.45, 2.75) is 13.3 Å². The van der Waals surface area contributed by atoms with E-state index in [0.29, 0.717) is 6.42 Å². The van der Waals surface area contributed by atoms with Gasteiger partial charge in [0.2, 0.25) is 0 Å². The van der Waals surface area contributed by atoms with Crippen LogP contribution < -0.4 is 11.5 Å². The number of halogens is 1. The van der Waals surface area contributed by atoms with Crippen molar-refractivity contribution < 1.29 is 4.39 Å². The summed E-state index contributed by atoms with van der Waals surface area (Å²) in [6.07, 6.45) is 0.336. The van der Waals surface area contributed by atoms with Gasteiger partial charge >= 0.3 is 0 Å². The summed E-state index contributed by atoms with van der Waals surface area (Å²) in [5.41, 5.74) is 10.3. The molecule has 2 nitrogen and oxygen atoms in total. The molecule has 0 bridgehead atoms. The SMILES string of the molecule is CC/C(F)=C(\N)CN. The number of allylic oxidation sites excluding steroid dienone is 1. The molecule has 4 N–H and O–H groups in total. The second-order valence-electron chi connectivity index (χ2n) is 1.49. The second-order valence-corrected chi connectivity index (χ2v) is 1.49. The molecule has 0 fully saturated rings. The second kappa shape index (κ2) is 3.43. The standard InChI is InChI=1S/C5H11FN2/c1-2-4(6)5(8)3-7/h2-3,7-8H2,1H3/b5-4+. The summed E-state index contributed by atoms with van der Waals surface area (Å²) in [5.74, 6) is -0.299. The molecule has 0 aromatic heterocycles. The Hall–Kier alpha value is -0.570. The van der Waals surface area contributed by atoms with Gasteiger partial charge in [0.15, 0.2) is 0 Å². The largest absolute Gasteiger partial charge is 0.399 e. The number of hydrogen-bond acceptors (Lipinski definition) is 2. The van der Waals surface area contributed by atoms with E-state index in [1.165, 1.54) is 0 Å². The Morgan fingerprint density at radius 1 is 1.62 bits per heavy atom. The van der Waals surface area contributed by atoms with E-state index < -0.39 is 0 Å². The van der Waals surface area contributed by atoms with Gasteiger partial charge in [-0.3, -0.25) is 0 Å². The fraction of sp³-hybridized carbons (Fsp3) is 0.600. The Labute approximate surface area is 48.4 Å². The molecule has 0 aliphatic heterocycles. The monoisotopic (exact) mass is 118 g/mol. The van der Waals surface area contributed by atoms with Gasteiger partial charge in [0.05, 0.1) is 5.70 Å². The Morgan fingerprint density at radius 2 is 2.12 bits per heavy atom. The smallest absolute Gasteiger partial charge is 0.120 e. The normalized spacial score (nSPS) is 13.4. The quantitative estimate of drug-likeness (QED) is 0.554. The fourth-order valence-electron chi connectivity index (χ4n) is 0.338. The molecule has 0 aromatic carbocycles. The van der Waals surface area contributed by atoms with Crippen LogP contribution in [0.1, 0.15) is 13.3 Å². The van der Waals surface area contributed by atoms with E-state index in [0.717, 1.165) is 0 Å². The lowest BCUT2D eigenvalue weighted by Crippen LogP contribution is -2.12. The van der Waals surface area contributed by atoms with Crippen LogP contribution in [-0.2, 0) is 0 Å². The van der Waals surface area contributed by atoms with E-state index in [-0.39, 0.29) is 18.1 Å². The first-order chi connectivity index (χ1) is 3.72. The topological polar surface area (TPSA) is 52.0 Å². The molecule has 0 aliphatic rings. The molecule has 0 unspecified atom stereocenters. The van der Waals surface area contributed by atoms with Crippen LogP contribution in [0.3, 0.4) is 0 Å². The molecule has 0 saturated heterocycles. The van der Waals surface area contributed by atoms with Crippen molar-refractivity contribution in [1.82, 2.24) is 0 Å². The summed E-state index contributed by atoms with van der Waals surface area (Å²) in [5, 5.41) is 0. The third kappa shape index (κ3) is 1.93. The number of rotatable bonds is 2. The van der Waals surface area contributed by atoms with Crippen LogP contribution >= 0.6 is 0 Å². The minimum Gasteiger partial charge on any atom is -0.399 e. The summed E-state index contributed by atoms with van der Waals surface area (Å²) in [7, 11) is 0. The molecule has 48 valence electrons. The first-order valence-electron chi connectivity index (χ1n) is 2.55. The van der Waals surface area contributed by atoms with E-state index in [1.807, 2.05) is 0 Å². The Bertz CT molecular complexity index is 86.6. The van der Waals surface area contributed by atoms with Gasteiger partial charge < -0.3 is 11.5 Å². The zero-order valence-corrected chi connectivity index (χ0v) is 4.95. The van der Waals surface area contributed by atoms with E-state index in [9.17, 15) is 4.39 Å². The molecule has 0 spiro atoms. The highest BCUT2D eigenvalue weighted by molar-refractivity contribution is 5.03. The molecular formula is C5H11FN2. The molecule has 0 aliphatic carbocycles. The Balaban J connectivity index is 3.83. The Kier molecular flexibility index (Phi) is 3.19. The minimum absolute atomic E-state index is 0.111. The van der Waals surface area contributed by atoms with Gasteiger partial charge in [-0.25, -0.2) is 4.39 Å². The summed E-state index contributed by atoms with van der Waals surface area (Å²) < 4.78 is 12.2. The van der Waals surface area contributed by atoms with Crippen molar-refractivity contribution in [2.24, 2.45) is 11.5 Å². The average Bonchev–Trinajstić information content (AvgIpc) is 1.84. The highest BCUT2D eigenvalue weighted by Gasteiger charge is 1.94. The number of hydrogen-bond donors (Lipinski definition) is 2. The maximum absolute atomic E-state index is 12.2. The predicted molar refractivity (Wildman–Crippen MR) is 31.7 cm³/mol. The van der Waals surface area contributed by atoms with Crippen molar-refractivity contribution in [3.63, 3.8) is 0 Å². The van der Waals surface area contributed by atoms with Crippen LogP contribution in [0.25, 0.3) is 0 Å². The van der Waals surface area contributed by atoms with Crippen LogP contribution in [-0.4, -0.2) is 6.54 Å². The van der Waals surface area contributed by atoms with Crippen molar-refractivity contribution in [3.05, 3.63) is 11.5 Å². The summed E-state index contributed by atoms with van der Waals surface area (Å²) in [6, 6.07) is 0. The maximum Gasteiger partial charge on any atom is 0.120 e. The van der Waals surface area contributed by atoms with Crippen LogP contribution in [0, 0.1) is 0 Å². The molecule has 0 atom stereocenters. The van der Waals surface area contributed by atoms with Crippen LogP contribution in [0.4, 0.5) is 4.39 Å². The van der Waals surface area contributed by atoms with Gasteiger partial charge in [0.25, 0.3) is 0 Å². The summed E-state index contributed by atoms with van der Waals surface area (Å²) in [6.45, 7) is 1.80. The highest BCUT2D eigenvalue weighted by atomic mass is 19.1. The van der Waals surface area contributed by atoms with Crippen molar-refractivity contribution in [2.75, 3.05) is 6.54 Å². The van der Waals surface area contributed by atoms with Gasteiger partial charge in [-0.15, -0.1) is 0 Å². The molecular weight excluding hydrogens is 107 g/mol. The lowest BCUT2D eigenvalue weighted by Gasteiger charge is -1.95. The third-order valence-electron chi connectivity index (χ3n) is 0.879. The van der Waals surface area contributed by atoms with E-state index in [4.69, 9.17) is 11.5 Å². The number of nitrogens with two attached hydrogens (primary N) is 2. The van der Waals surface area contributed by atoms with Crippen LogP contribution in [0.2, 0.25) is 0 Å². The third-order valence-corrected chi connectivity index (χ3v) is 0.879. The van der Waals surface area contributed by atoms with E-state index >= 15 is 0 Å². The van der Waals surface area contributed by atoms with Crippen LogP contribution in [0.5, 0.6) is 0 Å². The molecule has 0 radical (unpaired) electrons. The highest BCUT2D eigenvalue weighted by Crippen LogP contribution is 2.02. The maximum atomic E-state index is 12.2. The molecule has 0 amide bonds. The zero-order chi connectivity index (χ0) is 6.57. The average molecular weight is 118 g/mol. The first kappa shape index (κ1) is 7.43. The van der Waals surface area contributed by atoms with Gasteiger partial charge in [-0.2, -0.15) is 0 Å².